The third-order valence-corrected chi connectivity index (χ3v) is 9.63. The van der Waals surface area contributed by atoms with Crippen LogP contribution in [0.25, 0.3) is 10.6 Å². The van der Waals surface area contributed by atoms with Gasteiger partial charge in [-0.3, -0.25) is 9.69 Å². The van der Waals surface area contributed by atoms with Gasteiger partial charge >= 0.3 is 12.1 Å². The van der Waals surface area contributed by atoms with Crippen LogP contribution in [0.5, 0.6) is 11.5 Å². The monoisotopic (exact) mass is 695 g/mol. The van der Waals surface area contributed by atoms with Crippen molar-refractivity contribution in [2.45, 2.75) is 52.4 Å². The molecule has 1 atom stereocenters. The highest BCUT2D eigenvalue weighted by molar-refractivity contribution is 7.15. The first-order chi connectivity index (χ1) is 23.4. The number of esters is 1. The van der Waals surface area contributed by atoms with Gasteiger partial charge in [-0.25, -0.2) is 9.78 Å². The average molecular weight is 696 g/mol. The standard InChI is InChI=1S/C37H40F3N3O5S/c1-5-47-36(45)25(3)48-33-16-8-27(22-24(33)2)32(44)15-17-34-31(41-35(49-34)26-6-9-28(10-7-26)37(38,39)40)23-42-18-20-43(21-19-42)29-11-13-30(46-4)14-12-29/h6-14,16,22,25H,5,15,17-21,23H2,1-4H3. The third-order valence-electron chi connectivity index (χ3n) is 8.42. The number of anilines is 1. The number of ketones is 1. The summed E-state index contributed by atoms with van der Waals surface area (Å²) in [7, 11) is 1.64. The van der Waals surface area contributed by atoms with E-state index in [1.54, 1.807) is 39.2 Å². The summed E-state index contributed by atoms with van der Waals surface area (Å²) in [6, 6.07) is 18.1. The largest absolute Gasteiger partial charge is 0.497 e. The highest BCUT2D eigenvalue weighted by atomic mass is 32.1. The highest BCUT2D eigenvalue weighted by Gasteiger charge is 2.30. The topological polar surface area (TPSA) is 81.2 Å². The number of alkyl halides is 3. The Morgan fingerprint density at radius 2 is 1.67 bits per heavy atom. The average Bonchev–Trinajstić information content (AvgIpc) is 3.50. The first-order valence-corrected chi connectivity index (χ1v) is 17.0. The molecule has 4 aromatic rings. The zero-order valence-corrected chi connectivity index (χ0v) is 28.8. The second-order valence-corrected chi connectivity index (χ2v) is 12.9. The maximum atomic E-state index is 13.4. The van der Waals surface area contributed by atoms with Crippen LogP contribution in [0.2, 0.25) is 0 Å². The van der Waals surface area contributed by atoms with Crippen molar-refractivity contribution in [2.75, 3.05) is 44.8 Å². The van der Waals surface area contributed by atoms with Crippen LogP contribution in [-0.4, -0.2) is 67.6 Å². The number of ether oxygens (including phenoxy) is 3. The lowest BCUT2D eigenvalue weighted by Crippen LogP contribution is -2.46. The van der Waals surface area contributed by atoms with Gasteiger partial charge < -0.3 is 19.1 Å². The van der Waals surface area contributed by atoms with Gasteiger partial charge in [0.15, 0.2) is 11.9 Å². The molecular formula is C37H40F3N3O5S. The summed E-state index contributed by atoms with van der Waals surface area (Å²) in [5.41, 5.74) is 3.09. The molecule has 0 N–H and O–H groups in total. The van der Waals surface area contributed by atoms with E-state index in [1.807, 2.05) is 31.2 Å². The fraction of sp³-hybridized carbons (Fsp3) is 0.378. The maximum Gasteiger partial charge on any atom is 0.416 e. The van der Waals surface area contributed by atoms with Crippen molar-refractivity contribution in [3.05, 3.63) is 94.0 Å². The number of thiazole rings is 1. The van der Waals surface area contributed by atoms with E-state index in [0.717, 1.165) is 65.9 Å². The number of carbonyl (C=O) groups is 2. The van der Waals surface area contributed by atoms with Crippen molar-refractivity contribution in [1.82, 2.24) is 9.88 Å². The van der Waals surface area contributed by atoms with Gasteiger partial charge in [-0.05, 0) is 87.4 Å². The number of halogens is 3. The number of piperazine rings is 1. The molecule has 0 bridgehead atoms. The van der Waals surface area contributed by atoms with Gasteiger partial charge in [-0.15, -0.1) is 11.3 Å². The van der Waals surface area contributed by atoms with Gasteiger partial charge in [0.1, 0.15) is 16.5 Å². The Hall–Kier alpha value is -4.42. The molecule has 8 nitrogen and oxygen atoms in total. The Balaban J connectivity index is 1.29. The molecule has 1 fully saturated rings. The molecule has 0 spiro atoms. The second-order valence-electron chi connectivity index (χ2n) is 11.8. The number of carbonyl (C=O) groups excluding carboxylic acids is 2. The number of methoxy groups -OCH3 is 1. The summed E-state index contributed by atoms with van der Waals surface area (Å²) in [4.78, 5) is 35.8. The molecule has 260 valence electrons. The minimum atomic E-state index is -4.42. The van der Waals surface area contributed by atoms with Crippen LogP contribution in [0.15, 0.2) is 66.7 Å². The van der Waals surface area contributed by atoms with Crippen LogP contribution < -0.4 is 14.4 Å². The number of hydrogen-bond donors (Lipinski definition) is 0. The molecule has 1 aliphatic rings. The van der Waals surface area contributed by atoms with E-state index in [0.29, 0.717) is 34.8 Å². The van der Waals surface area contributed by atoms with E-state index in [-0.39, 0.29) is 18.8 Å². The summed E-state index contributed by atoms with van der Waals surface area (Å²) in [5.74, 6) is 0.784. The minimum absolute atomic E-state index is 0.0587. The summed E-state index contributed by atoms with van der Waals surface area (Å²) in [6.07, 6.45) is -4.54. The molecule has 1 saturated heterocycles. The van der Waals surface area contributed by atoms with Crippen LogP contribution >= 0.6 is 11.3 Å². The van der Waals surface area contributed by atoms with Crippen LogP contribution in [0.3, 0.4) is 0 Å². The van der Waals surface area contributed by atoms with E-state index in [4.69, 9.17) is 19.2 Å². The van der Waals surface area contributed by atoms with Crippen molar-refractivity contribution < 1.29 is 37.0 Å². The molecule has 12 heteroatoms. The maximum absolute atomic E-state index is 13.4. The molecular weight excluding hydrogens is 655 g/mol. The minimum Gasteiger partial charge on any atom is -0.497 e. The van der Waals surface area contributed by atoms with Crippen molar-refractivity contribution in [3.63, 3.8) is 0 Å². The SMILES string of the molecule is CCOC(=O)C(C)Oc1ccc(C(=O)CCc2sc(-c3ccc(C(F)(F)F)cc3)nc2CN2CCN(c3ccc(OC)cc3)CC2)cc1C. The lowest BCUT2D eigenvalue weighted by Gasteiger charge is -2.36. The quantitative estimate of drug-likeness (QED) is 0.105. The first-order valence-electron chi connectivity index (χ1n) is 16.2. The number of nitrogens with zero attached hydrogens (tertiary/aromatic N) is 3. The van der Waals surface area contributed by atoms with Gasteiger partial charge in [0.2, 0.25) is 0 Å². The van der Waals surface area contributed by atoms with E-state index >= 15 is 0 Å². The van der Waals surface area contributed by atoms with E-state index in [9.17, 15) is 22.8 Å². The van der Waals surface area contributed by atoms with Crippen LogP contribution in [0.4, 0.5) is 18.9 Å². The summed E-state index contributed by atoms with van der Waals surface area (Å²) in [6.45, 7) is 9.25. The fourth-order valence-electron chi connectivity index (χ4n) is 5.62. The Morgan fingerprint density at radius 1 is 0.980 bits per heavy atom. The molecule has 0 saturated carbocycles. The lowest BCUT2D eigenvalue weighted by atomic mass is 10.0. The zero-order chi connectivity index (χ0) is 35.1. The Bertz CT molecular complexity index is 1730. The molecule has 5 rings (SSSR count). The molecule has 0 aliphatic carbocycles. The molecule has 49 heavy (non-hydrogen) atoms. The van der Waals surface area contributed by atoms with E-state index < -0.39 is 23.8 Å². The van der Waals surface area contributed by atoms with Crippen molar-refractivity contribution in [2.24, 2.45) is 0 Å². The Morgan fingerprint density at radius 3 is 2.29 bits per heavy atom. The molecule has 0 amide bonds. The molecule has 0 radical (unpaired) electrons. The van der Waals surface area contributed by atoms with Crippen LogP contribution in [0.1, 0.15) is 52.3 Å². The van der Waals surface area contributed by atoms with Gasteiger partial charge in [0, 0.05) is 60.8 Å². The molecule has 3 aromatic carbocycles. The smallest absolute Gasteiger partial charge is 0.416 e. The first kappa shape index (κ1) is 35.9. The van der Waals surface area contributed by atoms with Gasteiger partial charge in [0.05, 0.1) is 25.0 Å². The number of hydrogen-bond acceptors (Lipinski definition) is 9. The number of aromatic nitrogens is 1. The van der Waals surface area contributed by atoms with Crippen molar-refractivity contribution in [3.8, 4) is 22.1 Å². The molecule has 2 heterocycles. The molecule has 1 unspecified atom stereocenters. The predicted octanol–water partition coefficient (Wildman–Crippen LogP) is 7.61. The van der Waals surface area contributed by atoms with E-state index in [1.165, 1.54) is 23.5 Å². The second kappa shape index (κ2) is 15.9. The molecule has 1 aliphatic heterocycles. The van der Waals surface area contributed by atoms with Gasteiger partial charge in [-0.2, -0.15) is 13.2 Å². The molecule has 1 aromatic heterocycles. The lowest BCUT2D eigenvalue weighted by molar-refractivity contribution is -0.150. The van der Waals surface area contributed by atoms with E-state index in [2.05, 4.69) is 9.80 Å². The van der Waals surface area contributed by atoms with Crippen LogP contribution in [-0.2, 0) is 28.7 Å². The van der Waals surface area contributed by atoms with Gasteiger partial charge in [0.25, 0.3) is 0 Å². The van der Waals surface area contributed by atoms with Crippen LogP contribution in [0, 0.1) is 6.92 Å². The number of aryl methyl sites for hydroxylation is 2. The summed E-state index contributed by atoms with van der Waals surface area (Å²) in [5, 5.41) is 0.621. The normalized spacial score (nSPS) is 14.4. The zero-order valence-electron chi connectivity index (χ0n) is 28.0. The summed E-state index contributed by atoms with van der Waals surface area (Å²) >= 11 is 1.41. The number of benzene rings is 3. The number of rotatable bonds is 13. The van der Waals surface area contributed by atoms with Crippen molar-refractivity contribution in [1.29, 1.82) is 0 Å². The fourth-order valence-corrected chi connectivity index (χ4v) is 6.70. The van der Waals surface area contributed by atoms with Gasteiger partial charge in [-0.1, -0.05) is 12.1 Å². The third kappa shape index (κ3) is 9.18. The summed E-state index contributed by atoms with van der Waals surface area (Å²) < 4.78 is 55.7. The Labute approximate surface area is 288 Å². The number of Topliss-reactive ketones (excluding diaryl/α,β-unsaturated/α-hetero) is 1. The Kier molecular flexibility index (Phi) is 11.6. The van der Waals surface area contributed by atoms with Crippen molar-refractivity contribution >= 4 is 28.8 Å². The predicted molar refractivity (Wildman–Crippen MR) is 184 cm³/mol. The highest BCUT2D eigenvalue weighted by Crippen LogP contribution is 2.34.